The summed E-state index contributed by atoms with van der Waals surface area (Å²) in [5.74, 6) is -0.540. The number of carbonyl (C=O) groups excluding carboxylic acids is 1. The molecule has 8 heteroatoms. The summed E-state index contributed by atoms with van der Waals surface area (Å²) in [4.78, 5) is 20.3. The molecule has 0 bridgehead atoms. The smallest absolute Gasteiger partial charge is 0.269 e. The van der Waals surface area contributed by atoms with Gasteiger partial charge in [0, 0.05) is 24.0 Å². The van der Waals surface area contributed by atoms with E-state index in [-0.39, 0.29) is 18.1 Å². The number of benzene rings is 2. The quantitative estimate of drug-likeness (QED) is 0.609. The third kappa shape index (κ3) is 2.61. The number of amides is 1. The van der Waals surface area contributed by atoms with Gasteiger partial charge in [-0.3, -0.25) is 9.48 Å². The van der Waals surface area contributed by atoms with Crippen molar-refractivity contribution in [3.8, 4) is 5.75 Å². The lowest BCUT2D eigenvalue weighted by molar-refractivity contribution is 0.0996. The van der Waals surface area contributed by atoms with Gasteiger partial charge >= 0.3 is 0 Å². The van der Waals surface area contributed by atoms with Gasteiger partial charge in [-0.15, -0.1) is 0 Å². The zero-order valence-electron chi connectivity index (χ0n) is 13.8. The first kappa shape index (κ1) is 15.9. The Morgan fingerprint density at radius 2 is 2.08 bits per heavy atom. The predicted molar refractivity (Wildman–Crippen MR) is 93.1 cm³/mol. The van der Waals surface area contributed by atoms with E-state index in [1.165, 1.54) is 12.1 Å². The van der Waals surface area contributed by atoms with E-state index >= 15 is 0 Å². The highest BCUT2D eigenvalue weighted by Gasteiger charge is 2.17. The Morgan fingerprint density at radius 1 is 1.27 bits per heavy atom. The highest BCUT2D eigenvalue weighted by molar-refractivity contribution is 6.11. The van der Waals surface area contributed by atoms with Crippen LogP contribution in [-0.2, 0) is 13.7 Å². The molecule has 0 saturated carbocycles. The molecular weight excluding hydrogens is 337 g/mol. The van der Waals surface area contributed by atoms with Gasteiger partial charge < -0.3 is 10.5 Å². The van der Waals surface area contributed by atoms with Crippen molar-refractivity contribution in [2.24, 2.45) is 12.8 Å². The predicted octanol–water partition coefficient (Wildman–Crippen LogP) is 2.33. The first-order chi connectivity index (χ1) is 12.5. The molecule has 2 heterocycles. The molecule has 0 aliphatic rings. The van der Waals surface area contributed by atoms with Gasteiger partial charge in [0.25, 0.3) is 5.91 Å². The van der Waals surface area contributed by atoms with Crippen molar-refractivity contribution in [1.29, 1.82) is 0 Å². The number of rotatable bonds is 4. The summed E-state index contributed by atoms with van der Waals surface area (Å²) in [5.41, 5.74) is 6.87. The summed E-state index contributed by atoms with van der Waals surface area (Å²) < 4.78 is 20.7. The number of fused-ring (bicyclic) bond motifs is 3. The lowest BCUT2D eigenvalue weighted by atomic mass is 10.1. The van der Waals surface area contributed by atoms with Crippen LogP contribution in [0.25, 0.3) is 21.8 Å². The van der Waals surface area contributed by atoms with Crippen LogP contribution in [0.2, 0.25) is 0 Å². The van der Waals surface area contributed by atoms with Gasteiger partial charge in [-0.25, -0.2) is 14.4 Å². The van der Waals surface area contributed by atoms with Gasteiger partial charge in [0.2, 0.25) is 0 Å². The van der Waals surface area contributed by atoms with E-state index in [4.69, 9.17) is 10.5 Å². The molecule has 1 amide bonds. The van der Waals surface area contributed by atoms with Crippen LogP contribution in [0.15, 0.2) is 42.6 Å². The molecule has 0 saturated heterocycles. The van der Waals surface area contributed by atoms with E-state index in [0.29, 0.717) is 22.2 Å². The maximum absolute atomic E-state index is 13.7. The molecule has 4 aromatic rings. The van der Waals surface area contributed by atoms with E-state index in [1.54, 1.807) is 42.2 Å². The minimum Gasteiger partial charge on any atom is -0.483 e. The van der Waals surface area contributed by atoms with Gasteiger partial charge in [0.05, 0.1) is 5.52 Å². The lowest BCUT2D eigenvalue weighted by Gasteiger charge is -2.07. The molecule has 2 aromatic carbocycles. The van der Waals surface area contributed by atoms with Gasteiger partial charge in [0.15, 0.2) is 23.1 Å². The molecule has 0 atom stereocenters. The Kier molecular flexibility index (Phi) is 3.72. The number of ether oxygens (including phenoxy) is 1. The number of hydrogen-bond donors (Lipinski definition) is 1. The van der Waals surface area contributed by atoms with Crippen molar-refractivity contribution < 1.29 is 13.9 Å². The van der Waals surface area contributed by atoms with E-state index in [2.05, 4.69) is 15.1 Å². The second-order valence-electron chi connectivity index (χ2n) is 5.74. The van der Waals surface area contributed by atoms with E-state index < -0.39 is 11.7 Å². The summed E-state index contributed by atoms with van der Waals surface area (Å²) in [7, 11) is 1.71. The average Bonchev–Trinajstić information content (AvgIpc) is 2.98. The number of primary amides is 1. The van der Waals surface area contributed by atoms with Gasteiger partial charge in [-0.05, 0) is 18.2 Å². The first-order valence-corrected chi connectivity index (χ1v) is 7.83. The van der Waals surface area contributed by atoms with Crippen LogP contribution in [0.4, 0.5) is 4.39 Å². The number of para-hydroxylation sites is 1. The molecule has 26 heavy (non-hydrogen) atoms. The Labute approximate surface area is 147 Å². The molecule has 4 rings (SSSR count). The first-order valence-electron chi connectivity index (χ1n) is 7.83. The number of carbonyl (C=O) groups is 1. The molecule has 7 nitrogen and oxygen atoms in total. The SMILES string of the molecule is Cn1nc(C(N)=O)c2ccc3cnc(COc4ccccc4F)nc3c21. The lowest BCUT2D eigenvalue weighted by Crippen LogP contribution is -2.12. The van der Waals surface area contributed by atoms with Gasteiger partial charge in [0.1, 0.15) is 12.1 Å². The summed E-state index contributed by atoms with van der Waals surface area (Å²) >= 11 is 0. The van der Waals surface area contributed by atoms with Crippen LogP contribution >= 0.6 is 0 Å². The van der Waals surface area contributed by atoms with Crippen LogP contribution in [-0.4, -0.2) is 25.7 Å². The number of nitrogens with zero attached hydrogens (tertiary/aromatic N) is 4. The average molecular weight is 351 g/mol. The molecule has 0 spiro atoms. The number of halogens is 1. The molecular formula is C18H14FN5O2. The fraction of sp³-hybridized carbons (Fsp3) is 0.111. The zero-order valence-corrected chi connectivity index (χ0v) is 13.8. The monoisotopic (exact) mass is 351 g/mol. The third-order valence-electron chi connectivity index (χ3n) is 4.03. The van der Waals surface area contributed by atoms with Crippen molar-refractivity contribution in [2.75, 3.05) is 0 Å². The second-order valence-corrected chi connectivity index (χ2v) is 5.74. The van der Waals surface area contributed by atoms with Crippen LogP contribution in [0.5, 0.6) is 5.75 Å². The van der Waals surface area contributed by atoms with E-state index in [1.807, 2.05) is 0 Å². The van der Waals surface area contributed by atoms with Crippen molar-refractivity contribution in [3.63, 3.8) is 0 Å². The third-order valence-corrected chi connectivity index (χ3v) is 4.03. The Bertz CT molecular complexity index is 1160. The molecule has 0 fully saturated rings. The topological polar surface area (TPSA) is 95.9 Å². The van der Waals surface area contributed by atoms with Crippen molar-refractivity contribution in [1.82, 2.24) is 19.7 Å². The van der Waals surface area contributed by atoms with Gasteiger partial charge in [-0.2, -0.15) is 5.10 Å². The summed E-state index contributed by atoms with van der Waals surface area (Å²) in [6.07, 6.45) is 1.65. The van der Waals surface area contributed by atoms with Crippen molar-refractivity contribution in [2.45, 2.75) is 6.61 Å². The van der Waals surface area contributed by atoms with Crippen molar-refractivity contribution >= 4 is 27.7 Å². The number of aromatic nitrogens is 4. The Balaban J connectivity index is 1.77. The number of nitrogens with two attached hydrogens (primary N) is 1. The standard InChI is InChI=1S/C18H14FN5O2/c1-24-17-11(16(23-24)18(20)25)7-6-10-8-21-14(22-15(10)17)9-26-13-5-3-2-4-12(13)19/h2-8H,9H2,1H3,(H2,20,25). The van der Waals surface area contributed by atoms with E-state index in [9.17, 15) is 9.18 Å². The molecule has 0 aliphatic carbocycles. The van der Waals surface area contributed by atoms with Gasteiger partial charge in [-0.1, -0.05) is 18.2 Å². The van der Waals surface area contributed by atoms with Crippen LogP contribution in [0.3, 0.4) is 0 Å². The van der Waals surface area contributed by atoms with Crippen LogP contribution < -0.4 is 10.5 Å². The van der Waals surface area contributed by atoms with Crippen molar-refractivity contribution in [3.05, 3.63) is 59.9 Å². The minimum absolute atomic E-state index is 0.00773. The maximum atomic E-state index is 13.7. The summed E-state index contributed by atoms with van der Waals surface area (Å²) in [5, 5.41) is 5.58. The summed E-state index contributed by atoms with van der Waals surface area (Å²) in [6, 6.07) is 9.70. The number of aryl methyl sites for hydroxylation is 1. The van der Waals surface area contributed by atoms with Crippen LogP contribution in [0, 0.1) is 5.82 Å². The highest BCUT2D eigenvalue weighted by Crippen LogP contribution is 2.26. The maximum Gasteiger partial charge on any atom is 0.269 e. The van der Waals surface area contributed by atoms with Crippen LogP contribution in [0.1, 0.15) is 16.3 Å². The van der Waals surface area contributed by atoms with E-state index in [0.717, 1.165) is 5.39 Å². The second kappa shape index (κ2) is 6.07. The normalized spacial score (nSPS) is 11.2. The molecule has 130 valence electrons. The Morgan fingerprint density at radius 3 is 2.85 bits per heavy atom. The molecule has 2 N–H and O–H groups in total. The number of hydrogen-bond acceptors (Lipinski definition) is 5. The zero-order chi connectivity index (χ0) is 18.3. The minimum atomic E-state index is -0.605. The molecule has 0 radical (unpaired) electrons. The fourth-order valence-electron chi connectivity index (χ4n) is 2.85. The summed E-state index contributed by atoms with van der Waals surface area (Å²) in [6.45, 7) is 0.00773. The largest absolute Gasteiger partial charge is 0.483 e. The Hall–Kier alpha value is -3.55. The highest BCUT2D eigenvalue weighted by atomic mass is 19.1. The molecule has 0 unspecified atom stereocenters. The fourth-order valence-corrected chi connectivity index (χ4v) is 2.85. The molecule has 0 aliphatic heterocycles. The molecule has 2 aromatic heterocycles.